The summed E-state index contributed by atoms with van der Waals surface area (Å²) in [5.74, 6) is 0.675. The van der Waals surface area contributed by atoms with E-state index in [4.69, 9.17) is 0 Å². The van der Waals surface area contributed by atoms with Crippen LogP contribution in [0.25, 0.3) is 0 Å². The maximum Gasteiger partial charge on any atom is 0.226 e. The highest BCUT2D eigenvalue weighted by molar-refractivity contribution is 5.79. The normalized spacial score (nSPS) is 21.0. The molecule has 0 bridgehead atoms. The smallest absolute Gasteiger partial charge is 0.226 e. The molecule has 4 nitrogen and oxygen atoms in total. The van der Waals surface area contributed by atoms with Gasteiger partial charge in [-0.15, -0.1) is 0 Å². The fraction of sp³-hybridized carbons (Fsp3) is 0.562. The number of piperidine rings is 1. The molecule has 0 aliphatic carbocycles. The summed E-state index contributed by atoms with van der Waals surface area (Å²) < 4.78 is 0. The largest absolute Gasteiger partial charge is 0.368 e. The number of hydrogen-bond donors (Lipinski definition) is 1. The predicted octanol–water partition coefficient (Wildman–Crippen LogP) is 0.309. The van der Waals surface area contributed by atoms with Gasteiger partial charge in [0.2, 0.25) is 5.91 Å². The molecule has 108 valence electrons. The first-order valence-corrected chi connectivity index (χ1v) is 7.75. The maximum atomic E-state index is 12.5. The summed E-state index contributed by atoms with van der Waals surface area (Å²) in [5, 5.41) is 2.32. The summed E-state index contributed by atoms with van der Waals surface area (Å²) in [4.78, 5) is 16.9. The summed E-state index contributed by atoms with van der Waals surface area (Å²) >= 11 is 0. The van der Waals surface area contributed by atoms with Crippen LogP contribution in [0.5, 0.6) is 0 Å². The van der Waals surface area contributed by atoms with Gasteiger partial charge in [-0.05, 0) is 12.1 Å². The molecule has 0 aromatic heterocycles. The molecule has 1 aromatic rings. The first-order valence-electron chi connectivity index (χ1n) is 7.75. The molecule has 0 unspecified atom stereocenters. The van der Waals surface area contributed by atoms with Crippen molar-refractivity contribution >= 4 is 11.6 Å². The van der Waals surface area contributed by atoms with E-state index in [-0.39, 0.29) is 5.92 Å². The number of nitrogens with two attached hydrogens (primary N) is 1. The molecule has 0 radical (unpaired) electrons. The Labute approximate surface area is 120 Å². The molecule has 0 saturated carbocycles. The molecule has 2 heterocycles. The molecule has 2 fully saturated rings. The first-order chi connectivity index (χ1) is 9.84. The summed E-state index contributed by atoms with van der Waals surface area (Å²) in [6.45, 7) is 5.87. The Hall–Kier alpha value is -1.55. The van der Waals surface area contributed by atoms with E-state index >= 15 is 0 Å². The molecule has 1 amide bonds. The van der Waals surface area contributed by atoms with Gasteiger partial charge >= 0.3 is 0 Å². The zero-order valence-corrected chi connectivity index (χ0v) is 12.0. The van der Waals surface area contributed by atoms with E-state index in [2.05, 4.69) is 39.4 Å². The second-order valence-corrected chi connectivity index (χ2v) is 5.79. The maximum absolute atomic E-state index is 12.5. The van der Waals surface area contributed by atoms with Crippen molar-refractivity contribution < 1.29 is 10.1 Å². The van der Waals surface area contributed by atoms with E-state index in [9.17, 15) is 4.79 Å². The zero-order valence-electron chi connectivity index (χ0n) is 12.0. The molecule has 2 aliphatic heterocycles. The van der Waals surface area contributed by atoms with Crippen LogP contribution in [0.1, 0.15) is 12.8 Å². The van der Waals surface area contributed by atoms with E-state index in [1.165, 1.54) is 5.69 Å². The highest BCUT2D eigenvalue weighted by atomic mass is 16.2. The third kappa shape index (κ3) is 2.96. The van der Waals surface area contributed by atoms with Crippen LogP contribution in [-0.2, 0) is 4.79 Å². The van der Waals surface area contributed by atoms with E-state index in [1.54, 1.807) is 0 Å². The van der Waals surface area contributed by atoms with Crippen molar-refractivity contribution in [3.05, 3.63) is 30.3 Å². The van der Waals surface area contributed by atoms with Gasteiger partial charge in [0.25, 0.3) is 0 Å². The number of carbonyl (C=O) groups excluding carboxylic acids is 1. The number of benzene rings is 1. The van der Waals surface area contributed by atoms with Crippen molar-refractivity contribution in [2.75, 3.05) is 44.2 Å². The zero-order chi connectivity index (χ0) is 13.8. The monoisotopic (exact) mass is 274 g/mol. The predicted molar refractivity (Wildman–Crippen MR) is 79.6 cm³/mol. The fourth-order valence-corrected chi connectivity index (χ4v) is 3.26. The van der Waals surface area contributed by atoms with E-state index in [1.807, 2.05) is 6.07 Å². The molecule has 2 N–H and O–H groups in total. The molecule has 2 saturated heterocycles. The van der Waals surface area contributed by atoms with Crippen LogP contribution in [0, 0.1) is 5.92 Å². The lowest BCUT2D eigenvalue weighted by atomic mass is 9.96. The van der Waals surface area contributed by atoms with E-state index in [0.717, 1.165) is 52.1 Å². The van der Waals surface area contributed by atoms with Gasteiger partial charge in [0.05, 0.1) is 13.1 Å². The van der Waals surface area contributed by atoms with Crippen molar-refractivity contribution in [2.24, 2.45) is 5.92 Å². The molecule has 20 heavy (non-hydrogen) atoms. The summed E-state index contributed by atoms with van der Waals surface area (Å²) in [6.07, 6.45) is 2.11. The highest BCUT2D eigenvalue weighted by Crippen LogP contribution is 2.18. The number of piperazine rings is 1. The van der Waals surface area contributed by atoms with Gasteiger partial charge in [0.1, 0.15) is 0 Å². The minimum Gasteiger partial charge on any atom is -0.368 e. The van der Waals surface area contributed by atoms with Crippen LogP contribution in [-0.4, -0.2) is 50.1 Å². The number of hydrogen-bond acceptors (Lipinski definition) is 2. The fourth-order valence-electron chi connectivity index (χ4n) is 3.26. The van der Waals surface area contributed by atoms with E-state index < -0.39 is 0 Å². The van der Waals surface area contributed by atoms with Gasteiger partial charge < -0.3 is 15.1 Å². The molecule has 0 spiro atoms. The number of rotatable bonds is 2. The average Bonchev–Trinajstić information content (AvgIpc) is 2.56. The van der Waals surface area contributed by atoms with Gasteiger partial charge in [-0.2, -0.15) is 0 Å². The van der Waals surface area contributed by atoms with Gasteiger partial charge in [0, 0.05) is 50.6 Å². The van der Waals surface area contributed by atoms with Gasteiger partial charge in [-0.3, -0.25) is 4.79 Å². The highest BCUT2D eigenvalue weighted by Gasteiger charge is 2.29. The lowest BCUT2D eigenvalue weighted by molar-refractivity contribution is -0.664. The minimum atomic E-state index is 0.281. The van der Waals surface area contributed by atoms with Crippen LogP contribution in [0.3, 0.4) is 0 Å². The number of carbonyl (C=O) groups is 1. The van der Waals surface area contributed by atoms with Crippen molar-refractivity contribution in [3.8, 4) is 0 Å². The average molecular weight is 274 g/mol. The second-order valence-electron chi connectivity index (χ2n) is 5.79. The van der Waals surface area contributed by atoms with Crippen molar-refractivity contribution in [1.82, 2.24) is 4.90 Å². The van der Waals surface area contributed by atoms with Crippen LogP contribution >= 0.6 is 0 Å². The topological polar surface area (TPSA) is 40.2 Å². The quantitative estimate of drug-likeness (QED) is 0.843. The Balaban J connectivity index is 1.54. The third-order valence-corrected chi connectivity index (χ3v) is 4.50. The lowest BCUT2D eigenvalue weighted by Gasteiger charge is -2.38. The Morgan fingerprint density at radius 3 is 2.30 bits per heavy atom. The molecule has 3 rings (SSSR count). The Morgan fingerprint density at radius 2 is 1.65 bits per heavy atom. The van der Waals surface area contributed by atoms with Crippen LogP contribution in [0.15, 0.2) is 30.3 Å². The van der Waals surface area contributed by atoms with Crippen molar-refractivity contribution in [2.45, 2.75) is 12.8 Å². The van der Waals surface area contributed by atoms with Crippen molar-refractivity contribution in [3.63, 3.8) is 0 Å². The van der Waals surface area contributed by atoms with Gasteiger partial charge in [-0.25, -0.2) is 0 Å². The third-order valence-electron chi connectivity index (χ3n) is 4.50. The molecule has 1 aromatic carbocycles. The SMILES string of the molecule is O=C(C1CC[NH2+]CC1)N1CCN(c2ccccc2)CC1. The standard InChI is InChI=1S/C16H23N3O/c20-16(14-6-8-17-9-7-14)19-12-10-18(11-13-19)15-4-2-1-3-5-15/h1-5,14,17H,6-13H2/p+1. The summed E-state index contributed by atoms with van der Waals surface area (Å²) in [6, 6.07) is 10.5. The Bertz CT molecular complexity index is 434. The van der Waals surface area contributed by atoms with Gasteiger partial charge in [-0.1, -0.05) is 18.2 Å². The number of quaternary nitrogens is 1. The number of para-hydroxylation sites is 1. The van der Waals surface area contributed by atoms with Crippen LogP contribution < -0.4 is 10.2 Å². The number of amides is 1. The number of anilines is 1. The molecule has 0 atom stereocenters. The first kappa shape index (κ1) is 13.4. The number of nitrogens with zero attached hydrogens (tertiary/aromatic N) is 2. The lowest BCUT2D eigenvalue weighted by Crippen LogP contribution is -2.86. The Morgan fingerprint density at radius 1 is 1.00 bits per heavy atom. The molecule has 4 heteroatoms. The van der Waals surface area contributed by atoms with Crippen molar-refractivity contribution in [1.29, 1.82) is 0 Å². The van der Waals surface area contributed by atoms with Crippen LogP contribution in [0.2, 0.25) is 0 Å². The Kier molecular flexibility index (Phi) is 4.21. The summed E-state index contributed by atoms with van der Waals surface area (Å²) in [7, 11) is 0. The molecular formula is C16H24N3O+. The second kappa shape index (κ2) is 6.27. The molecule has 2 aliphatic rings. The van der Waals surface area contributed by atoms with E-state index in [0.29, 0.717) is 5.91 Å². The van der Waals surface area contributed by atoms with Crippen LogP contribution in [0.4, 0.5) is 5.69 Å². The summed E-state index contributed by atoms with van der Waals surface area (Å²) in [5.41, 5.74) is 1.27. The van der Waals surface area contributed by atoms with Gasteiger partial charge in [0.15, 0.2) is 0 Å². The molecular weight excluding hydrogens is 250 g/mol. The minimum absolute atomic E-state index is 0.281.